The third-order valence-corrected chi connectivity index (χ3v) is 6.68. The third-order valence-electron chi connectivity index (χ3n) is 3.86. The van der Waals surface area contributed by atoms with Crippen molar-refractivity contribution in [2.75, 3.05) is 19.6 Å². The Balaban J connectivity index is 1.49. The van der Waals surface area contributed by atoms with E-state index in [9.17, 15) is 8.42 Å². The molecule has 3 rings (SSSR count). The Labute approximate surface area is 134 Å². The van der Waals surface area contributed by atoms with Crippen molar-refractivity contribution in [3.8, 4) is 0 Å². The number of aromatic nitrogens is 2. The summed E-state index contributed by atoms with van der Waals surface area (Å²) in [5, 5.41) is 5.95. The SMILES string of the molecule is Cn1cc(CN2CC[C@H](CNS(=O)(=O)c3cccs3)C2)cn1. The molecule has 2 aromatic rings. The zero-order valence-electron chi connectivity index (χ0n) is 12.5. The number of aryl methyl sites for hydroxylation is 1. The van der Waals surface area contributed by atoms with Crippen LogP contribution in [0.4, 0.5) is 0 Å². The van der Waals surface area contributed by atoms with Crippen LogP contribution in [0.1, 0.15) is 12.0 Å². The highest BCUT2D eigenvalue weighted by Gasteiger charge is 2.25. The molecule has 0 aliphatic carbocycles. The molecule has 1 aliphatic rings. The van der Waals surface area contributed by atoms with E-state index >= 15 is 0 Å². The van der Waals surface area contributed by atoms with E-state index in [2.05, 4.69) is 14.7 Å². The molecule has 2 aromatic heterocycles. The highest BCUT2D eigenvalue weighted by atomic mass is 32.2. The molecule has 1 aliphatic heterocycles. The Morgan fingerprint density at radius 2 is 2.36 bits per heavy atom. The Bertz CT molecular complexity index is 709. The smallest absolute Gasteiger partial charge is 0.250 e. The zero-order chi connectivity index (χ0) is 15.6. The van der Waals surface area contributed by atoms with Gasteiger partial charge in [-0.15, -0.1) is 11.3 Å². The average molecular weight is 340 g/mol. The first-order valence-electron chi connectivity index (χ1n) is 7.26. The molecule has 0 radical (unpaired) electrons. The average Bonchev–Trinajstić information content (AvgIpc) is 3.19. The van der Waals surface area contributed by atoms with Crippen molar-refractivity contribution in [2.45, 2.75) is 17.2 Å². The molecule has 0 unspecified atom stereocenters. The third kappa shape index (κ3) is 3.75. The van der Waals surface area contributed by atoms with Crippen LogP contribution in [0.2, 0.25) is 0 Å². The fourth-order valence-electron chi connectivity index (χ4n) is 2.75. The van der Waals surface area contributed by atoms with Gasteiger partial charge >= 0.3 is 0 Å². The predicted octanol–water partition coefficient (Wildman–Crippen LogP) is 1.28. The second-order valence-corrected chi connectivity index (χ2v) is 8.64. The highest BCUT2D eigenvalue weighted by molar-refractivity contribution is 7.91. The van der Waals surface area contributed by atoms with Crippen LogP contribution < -0.4 is 4.72 Å². The molecule has 0 spiro atoms. The molecule has 0 bridgehead atoms. The molecule has 1 saturated heterocycles. The summed E-state index contributed by atoms with van der Waals surface area (Å²) >= 11 is 1.25. The van der Waals surface area contributed by atoms with Gasteiger partial charge in [-0.2, -0.15) is 5.10 Å². The van der Waals surface area contributed by atoms with Crippen LogP contribution in [0.3, 0.4) is 0 Å². The monoisotopic (exact) mass is 340 g/mol. The van der Waals surface area contributed by atoms with E-state index in [1.807, 2.05) is 19.4 Å². The summed E-state index contributed by atoms with van der Waals surface area (Å²) < 4.78 is 29.1. The number of hydrogen-bond donors (Lipinski definition) is 1. The van der Waals surface area contributed by atoms with Crippen LogP contribution in [0.25, 0.3) is 0 Å². The lowest BCUT2D eigenvalue weighted by Crippen LogP contribution is -2.30. The highest BCUT2D eigenvalue weighted by Crippen LogP contribution is 2.20. The molecule has 8 heteroatoms. The van der Waals surface area contributed by atoms with Crippen LogP contribution in [-0.2, 0) is 23.6 Å². The molecule has 1 N–H and O–H groups in total. The van der Waals surface area contributed by atoms with Crippen molar-refractivity contribution >= 4 is 21.4 Å². The second-order valence-electron chi connectivity index (χ2n) is 5.70. The van der Waals surface area contributed by atoms with Gasteiger partial charge in [-0.1, -0.05) is 6.07 Å². The summed E-state index contributed by atoms with van der Waals surface area (Å²) in [6.07, 6.45) is 4.92. The van der Waals surface area contributed by atoms with Gasteiger partial charge in [-0.25, -0.2) is 13.1 Å². The number of thiophene rings is 1. The number of sulfonamides is 1. The molecule has 22 heavy (non-hydrogen) atoms. The molecule has 1 fully saturated rings. The zero-order valence-corrected chi connectivity index (χ0v) is 14.1. The van der Waals surface area contributed by atoms with E-state index in [1.165, 1.54) is 16.9 Å². The number of hydrogen-bond acceptors (Lipinski definition) is 5. The molecule has 1 atom stereocenters. The van der Waals surface area contributed by atoms with Crippen molar-refractivity contribution < 1.29 is 8.42 Å². The quantitative estimate of drug-likeness (QED) is 0.860. The van der Waals surface area contributed by atoms with Crippen LogP contribution in [0, 0.1) is 5.92 Å². The summed E-state index contributed by atoms with van der Waals surface area (Å²) in [5.41, 5.74) is 1.20. The largest absolute Gasteiger partial charge is 0.299 e. The van der Waals surface area contributed by atoms with Crippen LogP contribution >= 0.6 is 11.3 Å². The number of likely N-dealkylation sites (tertiary alicyclic amines) is 1. The van der Waals surface area contributed by atoms with Gasteiger partial charge in [-0.05, 0) is 30.3 Å². The number of nitrogens with zero attached hydrogens (tertiary/aromatic N) is 3. The van der Waals surface area contributed by atoms with Crippen molar-refractivity contribution in [3.63, 3.8) is 0 Å². The number of nitrogens with one attached hydrogen (secondary N) is 1. The van der Waals surface area contributed by atoms with E-state index < -0.39 is 10.0 Å². The Morgan fingerprint density at radius 3 is 3.05 bits per heavy atom. The molecular weight excluding hydrogens is 320 g/mol. The first-order valence-corrected chi connectivity index (χ1v) is 9.62. The van der Waals surface area contributed by atoms with E-state index in [1.54, 1.807) is 22.2 Å². The minimum absolute atomic E-state index is 0.367. The maximum atomic E-state index is 12.1. The van der Waals surface area contributed by atoms with Crippen molar-refractivity contribution in [3.05, 3.63) is 35.5 Å². The first-order chi connectivity index (χ1) is 10.5. The van der Waals surface area contributed by atoms with E-state index in [4.69, 9.17) is 0 Å². The molecular formula is C14H20N4O2S2. The van der Waals surface area contributed by atoms with Crippen molar-refractivity contribution in [1.29, 1.82) is 0 Å². The van der Waals surface area contributed by atoms with E-state index in [0.717, 1.165) is 26.1 Å². The molecule has 0 amide bonds. The summed E-state index contributed by atoms with van der Waals surface area (Å²) in [7, 11) is -1.43. The van der Waals surface area contributed by atoms with Gasteiger partial charge < -0.3 is 0 Å². The molecule has 120 valence electrons. The summed E-state index contributed by atoms with van der Waals surface area (Å²) in [5.74, 6) is 0.367. The van der Waals surface area contributed by atoms with Crippen LogP contribution in [-0.4, -0.2) is 42.7 Å². The minimum Gasteiger partial charge on any atom is -0.299 e. The maximum absolute atomic E-state index is 12.1. The van der Waals surface area contributed by atoms with Crippen LogP contribution in [0.15, 0.2) is 34.1 Å². The Hall–Kier alpha value is -1.22. The fraction of sp³-hybridized carbons (Fsp3) is 0.500. The van der Waals surface area contributed by atoms with Crippen molar-refractivity contribution in [2.24, 2.45) is 13.0 Å². The molecule has 0 aromatic carbocycles. The Kier molecular flexibility index (Phi) is 4.62. The van der Waals surface area contributed by atoms with Gasteiger partial charge in [0, 0.05) is 38.4 Å². The maximum Gasteiger partial charge on any atom is 0.250 e. The fourth-order valence-corrected chi connectivity index (χ4v) is 4.90. The predicted molar refractivity (Wildman–Crippen MR) is 86.1 cm³/mol. The van der Waals surface area contributed by atoms with Gasteiger partial charge in [0.1, 0.15) is 4.21 Å². The number of rotatable bonds is 6. The van der Waals surface area contributed by atoms with Gasteiger partial charge in [0.15, 0.2) is 0 Å². The Morgan fingerprint density at radius 1 is 1.50 bits per heavy atom. The van der Waals surface area contributed by atoms with E-state index in [-0.39, 0.29) is 0 Å². The lowest BCUT2D eigenvalue weighted by Gasteiger charge is -2.15. The normalized spacial score (nSPS) is 19.8. The summed E-state index contributed by atoms with van der Waals surface area (Å²) in [4.78, 5) is 2.35. The van der Waals surface area contributed by atoms with Crippen molar-refractivity contribution in [1.82, 2.24) is 19.4 Å². The lowest BCUT2D eigenvalue weighted by molar-refractivity contribution is 0.316. The molecule has 0 saturated carbocycles. The standard InChI is InChI=1S/C14H20N4O2S2/c1-17-9-13(7-15-17)11-18-5-4-12(10-18)8-16-22(19,20)14-3-2-6-21-14/h2-3,6-7,9,12,16H,4-5,8,10-11H2,1H3/t12-/m1/s1. The van der Waals surface area contributed by atoms with E-state index in [0.29, 0.717) is 16.7 Å². The second kappa shape index (κ2) is 6.49. The molecule has 6 nitrogen and oxygen atoms in total. The minimum atomic E-state index is -3.34. The summed E-state index contributed by atoms with van der Waals surface area (Å²) in [6, 6.07) is 3.39. The van der Waals surface area contributed by atoms with Gasteiger partial charge in [0.2, 0.25) is 10.0 Å². The van der Waals surface area contributed by atoms with Gasteiger partial charge in [0.05, 0.1) is 6.20 Å². The lowest BCUT2D eigenvalue weighted by atomic mass is 10.1. The summed E-state index contributed by atoms with van der Waals surface area (Å²) in [6.45, 7) is 3.30. The van der Waals surface area contributed by atoms with Crippen LogP contribution in [0.5, 0.6) is 0 Å². The first kappa shape index (κ1) is 15.7. The topological polar surface area (TPSA) is 67.2 Å². The van der Waals surface area contributed by atoms with Gasteiger partial charge in [-0.3, -0.25) is 9.58 Å². The molecule has 3 heterocycles. The van der Waals surface area contributed by atoms with Gasteiger partial charge in [0.25, 0.3) is 0 Å².